The number of nitrogens with zero attached hydrogens (tertiary/aromatic N) is 2. The number of rotatable bonds is 13. The molecule has 0 radical (unpaired) electrons. The van der Waals surface area contributed by atoms with E-state index in [-0.39, 0.29) is 41.0 Å². The summed E-state index contributed by atoms with van der Waals surface area (Å²) in [5.41, 5.74) is 2.21. The van der Waals surface area contributed by atoms with Gasteiger partial charge in [-0.15, -0.1) is 0 Å². The average Bonchev–Trinajstić information content (AvgIpc) is 2.91. The number of halogens is 2. The molecule has 214 valence electrons. The van der Waals surface area contributed by atoms with Crippen molar-refractivity contribution in [1.82, 2.24) is 14.0 Å². The van der Waals surface area contributed by atoms with Gasteiger partial charge >= 0.3 is 5.97 Å². The summed E-state index contributed by atoms with van der Waals surface area (Å²) in [6.45, 7) is 4.40. The lowest BCUT2D eigenvalue weighted by Gasteiger charge is -2.26. The molecule has 0 saturated heterocycles. The second-order valence-electron chi connectivity index (χ2n) is 9.52. The molecule has 1 unspecified atom stereocenters. The largest absolute Gasteiger partial charge is 0.468 e. The van der Waals surface area contributed by atoms with E-state index in [1.165, 1.54) is 23.8 Å². The molecule has 1 heterocycles. The fraction of sp³-hybridized carbons (Fsp3) is 0.321. The molecule has 12 heteroatoms. The third kappa shape index (κ3) is 9.00. The predicted molar refractivity (Wildman–Crippen MR) is 157 cm³/mol. The first kappa shape index (κ1) is 31.5. The van der Waals surface area contributed by atoms with Gasteiger partial charge in [0.05, 0.1) is 22.7 Å². The number of esters is 1. The van der Waals surface area contributed by atoms with Gasteiger partial charge in [-0.05, 0) is 42.0 Å². The maximum absolute atomic E-state index is 13.4. The number of carbonyl (C=O) groups excluding carboxylic acids is 2. The zero-order chi connectivity index (χ0) is 29.3. The van der Waals surface area contributed by atoms with Gasteiger partial charge in [-0.25, -0.2) is 0 Å². The van der Waals surface area contributed by atoms with Crippen molar-refractivity contribution in [2.24, 2.45) is 5.92 Å². The summed E-state index contributed by atoms with van der Waals surface area (Å²) in [6, 6.07) is 15.1. The normalized spacial score (nSPS) is 12.4. The number of anilines is 1. The fourth-order valence-electron chi connectivity index (χ4n) is 3.97. The Kier molecular flexibility index (Phi) is 11.5. The predicted octanol–water partition coefficient (Wildman–Crippen LogP) is 4.76. The first-order valence-corrected chi connectivity index (χ1v) is 14.8. The highest BCUT2D eigenvalue weighted by Gasteiger charge is 2.30. The minimum Gasteiger partial charge on any atom is -0.468 e. The van der Waals surface area contributed by atoms with Crippen LogP contribution in [0.5, 0.6) is 0 Å². The topological polar surface area (TPSA) is 118 Å². The molecule has 0 spiro atoms. The third-order valence-electron chi connectivity index (χ3n) is 5.91. The number of amides is 1. The maximum Gasteiger partial charge on any atom is 0.324 e. The van der Waals surface area contributed by atoms with E-state index in [0.717, 1.165) is 5.56 Å². The van der Waals surface area contributed by atoms with Gasteiger partial charge in [-0.3, -0.25) is 14.6 Å². The van der Waals surface area contributed by atoms with Crippen LogP contribution in [0.3, 0.4) is 0 Å². The fourth-order valence-corrected chi connectivity index (χ4v) is 6.02. The van der Waals surface area contributed by atoms with Crippen molar-refractivity contribution in [3.8, 4) is 0 Å². The number of pyridine rings is 1. The molecule has 0 saturated carbocycles. The van der Waals surface area contributed by atoms with Crippen molar-refractivity contribution in [2.45, 2.75) is 32.7 Å². The molecular formula is C28H32Cl2N4O5S. The lowest BCUT2D eigenvalue weighted by molar-refractivity contribution is -0.142. The zero-order valence-corrected chi connectivity index (χ0v) is 24.8. The molecule has 2 aromatic carbocycles. The summed E-state index contributed by atoms with van der Waals surface area (Å²) in [5, 5.41) is 2.94. The van der Waals surface area contributed by atoms with Crippen LogP contribution in [0.2, 0.25) is 10.0 Å². The molecule has 9 nitrogen and oxygen atoms in total. The van der Waals surface area contributed by atoms with Gasteiger partial charge in [0.1, 0.15) is 6.04 Å². The van der Waals surface area contributed by atoms with E-state index >= 15 is 0 Å². The van der Waals surface area contributed by atoms with Crippen molar-refractivity contribution in [1.29, 1.82) is 0 Å². The highest BCUT2D eigenvalue weighted by atomic mass is 35.5. The number of hydrogen-bond donors (Lipinski definition) is 2. The summed E-state index contributed by atoms with van der Waals surface area (Å²) < 4.78 is 35.6. The van der Waals surface area contributed by atoms with Crippen LogP contribution in [0.15, 0.2) is 67.0 Å². The van der Waals surface area contributed by atoms with E-state index in [0.29, 0.717) is 17.7 Å². The highest BCUT2D eigenvalue weighted by molar-refractivity contribution is 7.87. The second-order valence-corrected chi connectivity index (χ2v) is 12.0. The van der Waals surface area contributed by atoms with Crippen LogP contribution in [0, 0.1) is 5.92 Å². The van der Waals surface area contributed by atoms with Crippen molar-refractivity contribution in [3.05, 3.63) is 93.7 Å². The molecule has 3 aromatic rings. The number of aromatic nitrogens is 1. The molecule has 2 N–H and O–H groups in total. The SMILES string of the molecule is COC(=O)C(Cc1ccc(NC(=O)c2c(Cl)cncc2Cl)cc1)NS(=O)(=O)N(CCc1ccccc1)CC(C)C. The van der Waals surface area contributed by atoms with Crippen LogP contribution in [0.4, 0.5) is 5.69 Å². The smallest absolute Gasteiger partial charge is 0.324 e. The van der Waals surface area contributed by atoms with Crippen molar-refractivity contribution in [3.63, 3.8) is 0 Å². The van der Waals surface area contributed by atoms with Crippen LogP contribution in [0.25, 0.3) is 0 Å². The van der Waals surface area contributed by atoms with E-state index in [4.69, 9.17) is 27.9 Å². The van der Waals surface area contributed by atoms with Crippen LogP contribution >= 0.6 is 23.2 Å². The van der Waals surface area contributed by atoms with Gasteiger partial charge < -0.3 is 10.1 Å². The summed E-state index contributed by atoms with van der Waals surface area (Å²) in [7, 11) is -2.82. The molecule has 1 atom stereocenters. The molecule has 40 heavy (non-hydrogen) atoms. The maximum atomic E-state index is 13.4. The second kappa shape index (κ2) is 14.6. The molecule has 1 aromatic heterocycles. The number of benzene rings is 2. The van der Waals surface area contributed by atoms with E-state index < -0.39 is 28.1 Å². The number of ether oxygens (including phenoxy) is 1. The van der Waals surface area contributed by atoms with E-state index in [1.807, 2.05) is 44.2 Å². The highest BCUT2D eigenvalue weighted by Crippen LogP contribution is 2.24. The van der Waals surface area contributed by atoms with Gasteiger partial charge in [-0.2, -0.15) is 17.4 Å². The Hall–Kier alpha value is -3.02. The van der Waals surface area contributed by atoms with E-state index in [1.54, 1.807) is 24.3 Å². The van der Waals surface area contributed by atoms with Crippen LogP contribution in [-0.2, 0) is 32.6 Å². The molecular weight excluding hydrogens is 575 g/mol. The van der Waals surface area contributed by atoms with Crippen LogP contribution < -0.4 is 10.0 Å². The average molecular weight is 608 g/mol. The van der Waals surface area contributed by atoms with Gasteiger partial charge in [0, 0.05) is 31.2 Å². The summed E-state index contributed by atoms with van der Waals surface area (Å²) in [5.74, 6) is -1.15. The number of nitrogens with one attached hydrogen (secondary N) is 2. The summed E-state index contributed by atoms with van der Waals surface area (Å²) >= 11 is 12.1. The Balaban J connectivity index is 1.72. The lowest BCUT2D eigenvalue weighted by Crippen LogP contribution is -2.50. The lowest BCUT2D eigenvalue weighted by atomic mass is 10.1. The standard InChI is InChI=1S/C28H32Cl2N4O5S/c1-19(2)18-34(14-13-20-7-5-4-6-8-20)40(37,38)33-25(28(36)39-3)15-21-9-11-22(12-10-21)32-27(35)26-23(29)16-31-17-24(26)30/h4-12,16-17,19,25,33H,13-15,18H2,1-3H3,(H,32,35). The molecule has 0 bridgehead atoms. The van der Waals surface area contributed by atoms with Gasteiger partial charge in [-0.1, -0.05) is 79.5 Å². The minimum atomic E-state index is -4.03. The third-order valence-corrected chi connectivity index (χ3v) is 8.08. The molecule has 0 aliphatic heterocycles. The quantitative estimate of drug-likeness (QED) is 0.271. The Labute approximate surface area is 245 Å². The molecule has 3 rings (SSSR count). The van der Waals surface area contributed by atoms with Crippen LogP contribution in [-0.4, -0.2) is 55.8 Å². The Morgan fingerprint density at radius 3 is 2.17 bits per heavy atom. The Morgan fingerprint density at radius 1 is 0.975 bits per heavy atom. The molecule has 0 aliphatic carbocycles. The zero-order valence-electron chi connectivity index (χ0n) is 22.4. The van der Waals surface area contributed by atoms with Crippen molar-refractivity contribution >= 4 is 51.0 Å². The Bertz CT molecular complexity index is 1380. The van der Waals surface area contributed by atoms with Gasteiger partial charge in [0.15, 0.2) is 0 Å². The first-order valence-electron chi connectivity index (χ1n) is 12.6. The van der Waals surface area contributed by atoms with Crippen molar-refractivity contribution < 1.29 is 22.7 Å². The van der Waals surface area contributed by atoms with Gasteiger partial charge in [0.25, 0.3) is 16.1 Å². The molecule has 1 amide bonds. The summed E-state index contributed by atoms with van der Waals surface area (Å²) in [6.07, 6.45) is 3.21. The first-order chi connectivity index (χ1) is 19.0. The molecule has 0 aliphatic rings. The Morgan fingerprint density at radius 2 is 1.60 bits per heavy atom. The van der Waals surface area contributed by atoms with Crippen molar-refractivity contribution in [2.75, 3.05) is 25.5 Å². The van der Waals surface area contributed by atoms with Gasteiger partial charge in [0.2, 0.25) is 0 Å². The molecule has 0 fully saturated rings. The van der Waals surface area contributed by atoms with E-state index in [9.17, 15) is 18.0 Å². The monoisotopic (exact) mass is 606 g/mol. The summed E-state index contributed by atoms with van der Waals surface area (Å²) in [4.78, 5) is 29.1. The number of hydrogen-bond acceptors (Lipinski definition) is 6. The van der Waals surface area contributed by atoms with E-state index in [2.05, 4.69) is 15.0 Å². The number of carbonyl (C=O) groups is 2. The minimum absolute atomic E-state index is 0.0380. The number of methoxy groups -OCH3 is 1. The van der Waals surface area contributed by atoms with Crippen LogP contribution in [0.1, 0.15) is 35.3 Å².